The molecule has 6 nitrogen and oxygen atoms in total. The summed E-state index contributed by atoms with van der Waals surface area (Å²) in [5.41, 5.74) is 6.21. The minimum Gasteiger partial charge on any atom is -0.490 e. The first kappa shape index (κ1) is 17.7. The van der Waals surface area contributed by atoms with Crippen molar-refractivity contribution < 1.29 is 18.3 Å². The monoisotopic (exact) mass is 316 g/mol. The minimum atomic E-state index is -3.43. The summed E-state index contributed by atoms with van der Waals surface area (Å²) < 4.78 is 31.1. The van der Waals surface area contributed by atoms with Crippen LogP contribution in [-0.4, -0.2) is 49.9 Å². The Morgan fingerprint density at radius 2 is 2.00 bits per heavy atom. The van der Waals surface area contributed by atoms with Crippen molar-refractivity contribution in [3.05, 3.63) is 24.3 Å². The Labute approximate surface area is 126 Å². The molecule has 0 unspecified atom stereocenters. The fourth-order valence-electron chi connectivity index (χ4n) is 1.83. The molecule has 0 bridgehead atoms. The predicted molar refractivity (Wildman–Crippen MR) is 83.7 cm³/mol. The Balaban J connectivity index is 2.56. The molecule has 0 heterocycles. The van der Waals surface area contributed by atoms with E-state index in [1.54, 1.807) is 24.3 Å². The summed E-state index contributed by atoms with van der Waals surface area (Å²) in [6.07, 6.45) is 1.67. The number of rotatable bonds is 10. The molecule has 0 fully saturated rings. The summed E-state index contributed by atoms with van der Waals surface area (Å²) >= 11 is 0. The van der Waals surface area contributed by atoms with E-state index in [0.717, 1.165) is 12.8 Å². The zero-order valence-electron chi connectivity index (χ0n) is 12.4. The highest BCUT2D eigenvalue weighted by atomic mass is 32.2. The van der Waals surface area contributed by atoms with Crippen molar-refractivity contribution in [2.24, 2.45) is 0 Å². The minimum absolute atomic E-state index is 0.0323. The number of nitrogen functional groups attached to an aromatic ring is 1. The Hall–Kier alpha value is -1.31. The van der Waals surface area contributed by atoms with Gasteiger partial charge in [0.05, 0.1) is 18.0 Å². The Bertz CT molecular complexity index is 519. The van der Waals surface area contributed by atoms with E-state index in [4.69, 9.17) is 15.6 Å². The van der Waals surface area contributed by atoms with Crippen LogP contribution in [0.15, 0.2) is 24.3 Å². The van der Waals surface area contributed by atoms with Crippen molar-refractivity contribution in [3.8, 4) is 5.75 Å². The van der Waals surface area contributed by atoms with Gasteiger partial charge in [-0.25, -0.2) is 8.42 Å². The first-order valence-corrected chi connectivity index (χ1v) is 8.68. The van der Waals surface area contributed by atoms with Gasteiger partial charge < -0.3 is 15.6 Å². The zero-order valence-corrected chi connectivity index (χ0v) is 13.2. The number of aliphatic hydroxyl groups excluding tert-OH is 1. The molecule has 1 aromatic carbocycles. The number of anilines is 1. The van der Waals surface area contributed by atoms with Crippen LogP contribution in [0, 0.1) is 0 Å². The number of benzene rings is 1. The maximum Gasteiger partial charge on any atom is 0.217 e. The second-order valence-corrected chi connectivity index (χ2v) is 6.77. The molecule has 3 N–H and O–H groups in total. The fourth-order valence-corrected chi connectivity index (χ4v) is 3.15. The van der Waals surface area contributed by atoms with E-state index < -0.39 is 10.0 Å². The van der Waals surface area contributed by atoms with Crippen LogP contribution in [0.25, 0.3) is 0 Å². The van der Waals surface area contributed by atoms with Gasteiger partial charge >= 0.3 is 0 Å². The number of para-hydroxylation sites is 2. The lowest BCUT2D eigenvalue weighted by Crippen LogP contribution is -2.37. The van der Waals surface area contributed by atoms with E-state index in [1.165, 1.54) is 4.31 Å². The molecule has 21 heavy (non-hydrogen) atoms. The third-order valence-electron chi connectivity index (χ3n) is 3.02. The van der Waals surface area contributed by atoms with Crippen molar-refractivity contribution >= 4 is 15.7 Å². The smallest absolute Gasteiger partial charge is 0.217 e. The SMILES string of the molecule is CCCCN(CCO)S(=O)(=O)CCOc1ccccc1N. The number of nitrogens with two attached hydrogens (primary N) is 1. The van der Waals surface area contributed by atoms with Crippen molar-refractivity contribution in [1.29, 1.82) is 0 Å². The first-order chi connectivity index (χ1) is 10.0. The van der Waals surface area contributed by atoms with Crippen molar-refractivity contribution in [1.82, 2.24) is 4.31 Å². The summed E-state index contributed by atoms with van der Waals surface area (Å²) in [6.45, 7) is 2.38. The number of nitrogens with zero attached hydrogens (tertiary/aromatic N) is 1. The van der Waals surface area contributed by atoms with Crippen LogP contribution in [0.2, 0.25) is 0 Å². The van der Waals surface area contributed by atoms with Gasteiger partial charge in [-0.3, -0.25) is 0 Å². The lowest BCUT2D eigenvalue weighted by molar-refractivity contribution is 0.251. The van der Waals surface area contributed by atoms with Gasteiger partial charge in [-0.1, -0.05) is 25.5 Å². The standard InChI is InChI=1S/C14H24N2O4S/c1-2-3-8-16(9-10-17)21(18,19)12-11-20-14-7-5-4-6-13(14)15/h4-7,17H,2-3,8-12,15H2,1H3. The van der Waals surface area contributed by atoms with Gasteiger partial charge in [0.1, 0.15) is 12.4 Å². The maximum absolute atomic E-state index is 12.2. The van der Waals surface area contributed by atoms with Gasteiger partial charge in [0, 0.05) is 13.1 Å². The Morgan fingerprint density at radius 3 is 2.62 bits per heavy atom. The van der Waals surface area contributed by atoms with E-state index in [1.807, 2.05) is 6.92 Å². The summed E-state index contributed by atoms with van der Waals surface area (Å²) in [4.78, 5) is 0. The molecule has 1 rings (SSSR count). The normalized spacial score (nSPS) is 11.8. The van der Waals surface area contributed by atoms with Crippen LogP contribution < -0.4 is 10.5 Å². The molecule has 0 saturated carbocycles. The van der Waals surface area contributed by atoms with Gasteiger partial charge in [-0.2, -0.15) is 4.31 Å². The number of hydrogen-bond donors (Lipinski definition) is 2. The molecule has 0 saturated heterocycles. The van der Waals surface area contributed by atoms with Crippen molar-refractivity contribution in [3.63, 3.8) is 0 Å². The van der Waals surface area contributed by atoms with Crippen LogP contribution in [0.5, 0.6) is 5.75 Å². The highest BCUT2D eigenvalue weighted by Crippen LogP contribution is 2.19. The third kappa shape index (κ3) is 5.91. The molecule has 0 atom stereocenters. The summed E-state index contributed by atoms with van der Waals surface area (Å²) in [6, 6.07) is 6.96. The van der Waals surface area contributed by atoms with E-state index in [9.17, 15) is 8.42 Å². The fraction of sp³-hybridized carbons (Fsp3) is 0.571. The van der Waals surface area contributed by atoms with Gasteiger partial charge in [0.15, 0.2) is 0 Å². The molecule has 120 valence electrons. The van der Waals surface area contributed by atoms with Crippen LogP contribution in [0.3, 0.4) is 0 Å². The van der Waals surface area contributed by atoms with Crippen molar-refractivity contribution in [2.45, 2.75) is 19.8 Å². The van der Waals surface area contributed by atoms with Crippen LogP contribution in [-0.2, 0) is 10.0 Å². The molecule has 0 radical (unpaired) electrons. The number of ether oxygens (including phenoxy) is 1. The lowest BCUT2D eigenvalue weighted by atomic mass is 10.3. The lowest BCUT2D eigenvalue weighted by Gasteiger charge is -2.21. The maximum atomic E-state index is 12.2. The van der Waals surface area contributed by atoms with Gasteiger partial charge in [0.2, 0.25) is 10.0 Å². The van der Waals surface area contributed by atoms with E-state index in [2.05, 4.69) is 0 Å². The summed E-state index contributed by atoms with van der Waals surface area (Å²) in [7, 11) is -3.43. The quantitative estimate of drug-likeness (QED) is 0.630. The van der Waals surface area contributed by atoms with E-state index >= 15 is 0 Å². The first-order valence-electron chi connectivity index (χ1n) is 7.07. The van der Waals surface area contributed by atoms with Crippen LogP contribution in [0.4, 0.5) is 5.69 Å². The molecule has 1 aromatic rings. The number of hydrogen-bond acceptors (Lipinski definition) is 5. The molecule has 0 amide bonds. The highest BCUT2D eigenvalue weighted by Gasteiger charge is 2.21. The second-order valence-electron chi connectivity index (χ2n) is 4.68. The van der Waals surface area contributed by atoms with E-state index in [-0.39, 0.29) is 25.5 Å². The number of unbranched alkanes of at least 4 members (excludes halogenated alkanes) is 1. The predicted octanol–water partition coefficient (Wildman–Crippen LogP) is 1.07. The zero-order chi connectivity index (χ0) is 15.7. The number of sulfonamides is 1. The van der Waals surface area contributed by atoms with Gasteiger partial charge in [-0.05, 0) is 18.6 Å². The molecule has 0 spiro atoms. The largest absolute Gasteiger partial charge is 0.490 e. The topological polar surface area (TPSA) is 92.9 Å². The summed E-state index contributed by atoms with van der Waals surface area (Å²) in [5.74, 6) is 0.348. The van der Waals surface area contributed by atoms with Crippen LogP contribution >= 0.6 is 0 Å². The molecular weight excluding hydrogens is 292 g/mol. The van der Waals surface area contributed by atoms with Crippen LogP contribution in [0.1, 0.15) is 19.8 Å². The van der Waals surface area contributed by atoms with E-state index in [0.29, 0.717) is 18.0 Å². The highest BCUT2D eigenvalue weighted by molar-refractivity contribution is 7.89. The average Bonchev–Trinajstić information content (AvgIpc) is 2.45. The van der Waals surface area contributed by atoms with Gasteiger partial charge in [-0.15, -0.1) is 0 Å². The summed E-state index contributed by atoms with van der Waals surface area (Å²) in [5, 5.41) is 8.99. The van der Waals surface area contributed by atoms with Gasteiger partial charge in [0.25, 0.3) is 0 Å². The number of aliphatic hydroxyl groups is 1. The Morgan fingerprint density at radius 1 is 1.29 bits per heavy atom. The molecule has 0 aliphatic heterocycles. The molecular formula is C14H24N2O4S. The average molecular weight is 316 g/mol. The second kappa shape index (κ2) is 8.86. The molecule has 0 aromatic heterocycles. The Kier molecular flexibility index (Phi) is 7.49. The molecule has 7 heteroatoms. The molecule has 0 aliphatic rings. The van der Waals surface area contributed by atoms with Crippen molar-refractivity contribution in [2.75, 3.05) is 37.8 Å². The molecule has 0 aliphatic carbocycles. The third-order valence-corrected chi connectivity index (χ3v) is 4.86.